The first-order valence-electron chi connectivity index (χ1n) is 5.15. The highest BCUT2D eigenvalue weighted by molar-refractivity contribution is 5.39. The number of nitrogens with zero attached hydrogens (tertiary/aromatic N) is 1. The van der Waals surface area contributed by atoms with Crippen molar-refractivity contribution in [1.29, 1.82) is 0 Å². The zero-order valence-electron chi connectivity index (χ0n) is 9.61. The van der Waals surface area contributed by atoms with Crippen molar-refractivity contribution in [3.05, 3.63) is 58.3 Å². The lowest BCUT2D eigenvalue weighted by molar-refractivity contribution is 0.386. The Kier molecular flexibility index (Phi) is 2.95. The van der Waals surface area contributed by atoms with Crippen molar-refractivity contribution in [1.82, 2.24) is 4.57 Å². The molecule has 17 heavy (non-hydrogen) atoms. The molecule has 0 radical (unpaired) electrons. The van der Waals surface area contributed by atoms with E-state index in [1.807, 2.05) is 6.92 Å². The van der Waals surface area contributed by atoms with Crippen molar-refractivity contribution in [2.45, 2.75) is 6.92 Å². The molecule has 0 aliphatic heterocycles. The Morgan fingerprint density at radius 1 is 1.24 bits per heavy atom. The summed E-state index contributed by atoms with van der Waals surface area (Å²) in [6, 6.07) is 7.60. The molecule has 0 saturated carbocycles. The van der Waals surface area contributed by atoms with Crippen LogP contribution in [0, 0.1) is 12.7 Å². The van der Waals surface area contributed by atoms with E-state index in [1.54, 1.807) is 18.3 Å². The molecule has 88 valence electrons. The predicted octanol–water partition coefficient (Wildman–Crippen LogP) is 2.29. The lowest BCUT2D eigenvalue weighted by atomic mass is 10.2. The number of halogens is 1. The van der Waals surface area contributed by atoms with Crippen LogP contribution in [0.15, 0.2) is 41.3 Å². The van der Waals surface area contributed by atoms with Crippen LogP contribution in [0.3, 0.4) is 0 Å². The summed E-state index contributed by atoms with van der Waals surface area (Å²) < 4.78 is 19.8. The molecule has 4 heteroatoms. The Morgan fingerprint density at radius 2 is 2.00 bits per heavy atom. The van der Waals surface area contributed by atoms with Gasteiger partial charge in [0.1, 0.15) is 0 Å². The summed E-state index contributed by atoms with van der Waals surface area (Å²) in [7, 11) is 1.40. The standard InChI is InChI=1S/C13H12FNO2/c1-9-3-6-13(16)15(8-9)10-4-5-12(17-2)11(14)7-10/h3-8H,1-2H3. The maximum Gasteiger partial charge on any atom is 0.255 e. The first-order chi connectivity index (χ1) is 8.11. The first kappa shape index (κ1) is 11.4. The lowest BCUT2D eigenvalue weighted by Gasteiger charge is -2.08. The van der Waals surface area contributed by atoms with Crippen LogP contribution in [0.4, 0.5) is 4.39 Å². The van der Waals surface area contributed by atoms with Gasteiger partial charge in [-0.2, -0.15) is 0 Å². The van der Waals surface area contributed by atoms with E-state index in [4.69, 9.17) is 4.74 Å². The Bertz CT molecular complexity index is 605. The number of aromatic nitrogens is 1. The second kappa shape index (κ2) is 4.41. The predicted molar refractivity (Wildman–Crippen MR) is 63.3 cm³/mol. The zero-order valence-corrected chi connectivity index (χ0v) is 9.61. The van der Waals surface area contributed by atoms with Crippen LogP contribution >= 0.6 is 0 Å². The second-order valence-corrected chi connectivity index (χ2v) is 3.73. The summed E-state index contributed by atoms with van der Waals surface area (Å²) >= 11 is 0. The monoisotopic (exact) mass is 233 g/mol. The van der Waals surface area contributed by atoms with Gasteiger partial charge < -0.3 is 4.74 Å². The largest absolute Gasteiger partial charge is 0.494 e. The number of methoxy groups -OCH3 is 1. The zero-order chi connectivity index (χ0) is 12.4. The molecule has 0 aliphatic carbocycles. The van der Waals surface area contributed by atoms with Crippen molar-refractivity contribution >= 4 is 0 Å². The third-order valence-electron chi connectivity index (χ3n) is 2.47. The van der Waals surface area contributed by atoms with E-state index >= 15 is 0 Å². The van der Waals surface area contributed by atoms with Gasteiger partial charge in [-0.15, -0.1) is 0 Å². The minimum absolute atomic E-state index is 0.162. The lowest BCUT2D eigenvalue weighted by Crippen LogP contribution is -2.16. The van der Waals surface area contributed by atoms with Gasteiger partial charge in [-0.3, -0.25) is 9.36 Å². The molecule has 1 heterocycles. The Hall–Kier alpha value is -2.10. The SMILES string of the molecule is COc1ccc(-n2cc(C)ccc2=O)cc1F. The summed E-state index contributed by atoms with van der Waals surface area (Å²) in [5.41, 5.74) is 1.22. The molecule has 1 aromatic heterocycles. The van der Waals surface area contributed by atoms with Crippen molar-refractivity contribution in [3.63, 3.8) is 0 Å². The molecule has 2 rings (SSSR count). The molecule has 3 nitrogen and oxygen atoms in total. The van der Waals surface area contributed by atoms with Gasteiger partial charge in [0.2, 0.25) is 0 Å². The smallest absolute Gasteiger partial charge is 0.255 e. The molecular weight excluding hydrogens is 221 g/mol. The van der Waals surface area contributed by atoms with E-state index in [0.717, 1.165) is 5.56 Å². The first-order valence-corrected chi connectivity index (χ1v) is 5.15. The number of rotatable bonds is 2. The normalized spacial score (nSPS) is 10.3. The number of benzene rings is 1. The quantitative estimate of drug-likeness (QED) is 0.797. The Morgan fingerprint density at radius 3 is 2.65 bits per heavy atom. The van der Waals surface area contributed by atoms with Crippen LogP contribution in [0.1, 0.15) is 5.56 Å². The Labute approximate surface area is 98.1 Å². The van der Waals surface area contributed by atoms with E-state index < -0.39 is 5.82 Å². The van der Waals surface area contributed by atoms with E-state index in [0.29, 0.717) is 5.69 Å². The summed E-state index contributed by atoms with van der Waals surface area (Å²) in [6.45, 7) is 1.87. The molecule has 0 N–H and O–H groups in total. The van der Waals surface area contributed by atoms with Crippen molar-refractivity contribution in [3.8, 4) is 11.4 Å². The highest BCUT2D eigenvalue weighted by Gasteiger charge is 2.05. The van der Waals surface area contributed by atoms with Gasteiger partial charge in [-0.25, -0.2) is 4.39 Å². The van der Waals surface area contributed by atoms with Gasteiger partial charge in [0.05, 0.1) is 12.8 Å². The third-order valence-corrected chi connectivity index (χ3v) is 2.47. The molecule has 0 saturated heterocycles. The number of ether oxygens (including phenoxy) is 1. The fourth-order valence-corrected chi connectivity index (χ4v) is 1.60. The van der Waals surface area contributed by atoms with Gasteiger partial charge in [0, 0.05) is 18.3 Å². The van der Waals surface area contributed by atoms with Crippen LogP contribution in [-0.4, -0.2) is 11.7 Å². The average molecular weight is 233 g/mol. The highest BCUT2D eigenvalue weighted by Crippen LogP contribution is 2.19. The number of hydrogen-bond acceptors (Lipinski definition) is 2. The maximum atomic E-state index is 13.5. The van der Waals surface area contributed by atoms with Crippen LogP contribution < -0.4 is 10.3 Å². The van der Waals surface area contributed by atoms with Gasteiger partial charge >= 0.3 is 0 Å². The fourth-order valence-electron chi connectivity index (χ4n) is 1.60. The van der Waals surface area contributed by atoms with Gasteiger partial charge in [0.25, 0.3) is 5.56 Å². The molecule has 0 fully saturated rings. The van der Waals surface area contributed by atoms with E-state index in [-0.39, 0.29) is 11.3 Å². The minimum atomic E-state index is -0.488. The molecule has 2 aromatic rings. The highest BCUT2D eigenvalue weighted by atomic mass is 19.1. The van der Waals surface area contributed by atoms with E-state index in [2.05, 4.69) is 0 Å². The van der Waals surface area contributed by atoms with Crippen LogP contribution in [0.2, 0.25) is 0 Å². The summed E-state index contributed by atoms with van der Waals surface area (Å²) in [6.07, 6.45) is 1.67. The van der Waals surface area contributed by atoms with Crippen LogP contribution in [0.5, 0.6) is 5.75 Å². The average Bonchev–Trinajstić information content (AvgIpc) is 2.32. The molecule has 0 spiro atoms. The van der Waals surface area contributed by atoms with Gasteiger partial charge in [-0.05, 0) is 24.6 Å². The number of aryl methyl sites for hydroxylation is 1. The minimum Gasteiger partial charge on any atom is -0.494 e. The molecule has 0 unspecified atom stereocenters. The maximum absolute atomic E-state index is 13.5. The summed E-state index contributed by atoms with van der Waals surface area (Å²) in [5, 5.41) is 0. The molecule has 0 bridgehead atoms. The summed E-state index contributed by atoms with van der Waals surface area (Å²) in [5.74, 6) is -0.326. The van der Waals surface area contributed by atoms with Crippen LogP contribution in [0.25, 0.3) is 5.69 Å². The molecule has 1 aromatic carbocycles. The van der Waals surface area contributed by atoms with Crippen molar-refractivity contribution in [2.75, 3.05) is 7.11 Å². The Balaban J connectivity index is 2.57. The van der Waals surface area contributed by atoms with E-state index in [9.17, 15) is 9.18 Å². The van der Waals surface area contributed by atoms with E-state index in [1.165, 1.54) is 29.9 Å². The van der Waals surface area contributed by atoms with Gasteiger partial charge in [0.15, 0.2) is 11.6 Å². The summed E-state index contributed by atoms with van der Waals surface area (Å²) in [4.78, 5) is 11.6. The molecule has 0 aliphatic rings. The molecular formula is C13H12FNO2. The molecule has 0 amide bonds. The number of hydrogen-bond donors (Lipinski definition) is 0. The topological polar surface area (TPSA) is 31.2 Å². The number of pyridine rings is 1. The second-order valence-electron chi connectivity index (χ2n) is 3.73. The molecule has 0 atom stereocenters. The van der Waals surface area contributed by atoms with Gasteiger partial charge in [-0.1, -0.05) is 6.07 Å². The fraction of sp³-hybridized carbons (Fsp3) is 0.154. The van der Waals surface area contributed by atoms with Crippen molar-refractivity contribution in [2.24, 2.45) is 0 Å². The van der Waals surface area contributed by atoms with Crippen molar-refractivity contribution < 1.29 is 9.13 Å². The van der Waals surface area contributed by atoms with Crippen LogP contribution in [-0.2, 0) is 0 Å². The third kappa shape index (κ3) is 2.20.